The molecule has 0 radical (unpaired) electrons. The number of aromatic nitrogens is 2. The quantitative estimate of drug-likeness (QED) is 0.250. The third-order valence-electron chi connectivity index (χ3n) is 7.48. The lowest BCUT2D eigenvalue weighted by molar-refractivity contribution is 0.102. The topological polar surface area (TPSA) is 73.4 Å². The van der Waals surface area contributed by atoms with Crippen LogP contribution in [0, 0.1) is 13.8 Å². The molecular formula is C34H34N6O. The zero-order valence-electron chi connectivity index (χ0n) is 23.7. The molecule has 5 aromatic rings. The van der Waals surface area contributed by atoms with E-state index in [1.54, 1.807) is 0 Å². The van der Waals surface area contributed by atoms with Crippen molar-refractivity contribution in [1.82, 2.24) is 14.9 Å². The molecule has 206 valence electrons. The minimum atomic E-state index is -0.147. The number of piperazine rings is 1. The number of carbonyl (C=O) groups excluding carboxylic acids is 1. The Labute approximate surface area is 240 Å². The number of aryl methyl sites for hydroxylation is 2. The lowest BCUT2D eigenvalue weighted by atomic mass is 10.1. The molecule has 0 unspecified atom stereocenters. The lowest BCUT2D eigenvalue weighted by Gasteiger charge is -2.34. The molecule has 7 heteroatoms. The summed E-state index contributed by atoms with van der Waals surface area (Å²) in [6, 6.07) is 30.1. The number of rotatable bonds is 6. The Bertz CT molecular complexity index is 1670. The summed E-state index contributed by atoms with van der Waals surface area (Å²) in [7, 11) is 2.17. The molecule has 1 fully saturated rings. The molecule has 1 aromatic heterocycles. The van der Waals surface area contributed by atoms with Crippen molar-refractivity contribution in [2.75, 3.05) is 48.8 Å². The fourth-order valence-corrected chi connectivity index (χ4v) is 5.33. The van der Waals surface area contributed by atoms with Gasteiger partial charge in [0.25, 0.3) is 5.91 Å². The van der Waals surface area contributed by atoms with Gasteiger partial charge >= 0.3 is 0 Å². The summed E-state index contributed by atoms with van der Waals surface area (Å²) in [6.07, 6.45) is 0. The number of hydrogen-bond acceptors (Lipinski definition) is 6. The van der Waals surface area contributed by atoms with E-state index in [4.69, 9.17) is 9.97 Å². The largest absolute Gasteiger partial charge is 0.369 e. The van der Waals surface area contributed by atoms with Gasteiger partial charge in [-0.15, -0.1) is 0 Å². The number of anilines is 4. The van der Waals surface area contributed by atoms with Crippen LogP contribution in [-0.2, 0) is 0 Å². The van der Waals surface area contributed by atoms with Gasteiger partial charge in [-0.25, -0.2) is 9.97 Å². The highest BCUT2D eigenvalue weighted by molar-refractivity contribution is 6.04. The Morgan fingerprint density at radius 2 is 1.46 bits per heavy atom. The Balaban J connectivity index is 1.26. The Morgan fingerprint density at radius 1 is 0.756 bits per heavy atom. The van der Waals surface area contributed by atoms with Crippen LogP contribution < -0.4 is 15.5 Å². The number of fused-ring (bicyclic) bond motifs is 1. The van der Waals surface area contributed by atoms with E-state index in [-0.39, 0.29) is 5.91 Å². The summed E-state index contributed by atoms with van der Waals surface area (Å²) in [5.41, 5.74) is 8.40. The standard InChI is InChI=1S/C34H34N6O/c1-23-19-24(2)21-28(20-23)35-33(41)26-9-11-27(12-10-26)36-34-37-31-14-13-29(40-17-15-39(3)16-18-40)22-30(31)32(38-34)25-7-5-4-6-8-25/h4-14,19-22H,15-18H2,1-3H3,(H,35,41)(H,36,37,38). The minimum absolute atomic E-state index is 0.147. The van der Waals surface area contributed by atoms with E-state index in [1.807, 2.05) is 68.4 Å². The first-order chi connectivity index (χ1) is 19.9. The number of hydrogen-bond donors (Lipinski definition) is 2. The smallest absolute Gasteiger partial charge is 0.255 e. The van der Waals surface area contributed by atoms with Crippen LogP contribution in [0.3, 0.4) is 0 Å². The monoisotopic (exact) mass is 542 g/mol. The van der Waals surface area contributed by atoms with Gasteiger partial charge in [-0.3, -0.25) is 4.79 Å². The van der Waals surface area contributed by atoms with Gasteiger partial charge in [0.1, 0.15) is 0 Å². The average Bonchev–Trinajstić information content (AvgIpc) is 2.97. The molecule has 1 saturated heterocycles. The molecule has 0 aliphatic carbocycles. The van der Waals surface area contributed by atoms with Crippen molar-refractivity contribution in [3.8, 4) is 11.3 Å². The van der Waals surface area contributed by atoms with Gasteiger partial charge in [-0.1, -0.05) is 36.4 Å². The second-order valence-corrected chi connectivity index (χ2v) is 10.8. The second-order valence-electron chi connectivity index (χ2n) is 10.8. The van der Waals surface area contributed by atoms with E-state index < -0.39 is 0 Å². The lowest BCUT2D eigenvalue weighted by Crippen LogP contribution is -2.44. The third kappa shape index (κ3) is 6.05. The molecular weight excluding hydrogens is 508 g/mol. The Hall–Kier alpha value is -4.75. The fraction of sp³-hybridized carbons (Fsp3) is 0.206. The van der Waals surface area contributed by atoms with Gasteiger partial charge in [0.2, 0.25) is 5.95 Å². The zero-order valence-corrected chi connectivity index (χ0v) is 23.7. The van der Waals surface area contributed by atoms with E-state index in [0.717, 1.165) is 70.8 Å². The maximum absolute atomic E-state index is 12.9. The van der Waals surface area contributed by atoms with Gasteiger partial charge in [0.05, 0.1) is 11.2 Å². The molecule has 41 heavy (non-hydrogen) atoms. The van der Waals surface area contributed by atoms with Crippen molar-refractivity contribution >= 4 is 39.8 Å². The first kappa shape index (κ1) is 26.5. The molecule has 0 atom stereocenters. The Kier molecular flexibility index (Phi) is 7.35. The first-order valence-electron chi connectivity index (χ1n) is 14.0. The molecule has 0 saturated carbocycles. The van der Waals surface area contributed by atoms with E-state index in [0.29, 0.717) is 11.5 Å². The highest BCUT2D eigenvalue weighted by Crippen LogP contribution is 2.31. The van der Waals surface area contributed by atoms with Gasteiger partial charge in [-0.05, 0) is 86.6 Å². The van der Waals surface area contributed by atoms with E-state index in [2.05, 4.69) is 63.9 Å². The van der Waals surface area contributed by atoms with Crippen LogP contribution in [0.2, 0.25) is 0 Å². The van der Waals surface area contributed by atoms with Crippen LogP contribution in [-0.4, -0.2) is 54.0 Å². The van der Waals surface area contributed by atoms with Crippen molar-refractivity contribution in [2.24, 2.45) is 0 Å². The van der Waals surface area contributed by atoms with Crippen LogP contribution >= 0.6 is 0 Å². The van der Waals surface area contributed by atoms with Crippen LogP contribution in [0.15, 0.2) is 91.0 Å². The summed E-state index contributed by atoms with van der Waals surface area (Å²) in [5.74, 6) is 0.363. The molecule has 0 bridgehead atoms. The van der Waals surface area contributed by atoms with Crippen LogP contribution in [0.25, 0.3) is 22.2 Å². The summed E-state index contributed by atoms with van der Waals surface area (Å²) in [6.45, 7) is 8.15. The Morgan fingerprint density at radius 3 is 2.17 bits per heavy atom. The van der Waals surface area contributed by atoms with Crippen molar-refractivity contribution < 1.29 is 4.79 Å². The predicted octanol–water partition coefficient (Wildman–Crippen LogP) is 6.66. The number of nitrogens with one attached hydrogen (secondary N) is 2. The van der Waals surface area contributed by atoms with Crippen LogP contribution in [0.4, 0.5) is 23.0 Å². The number of likely N-dealkylation sites (N-methyl/N-ethyl adjacent to an activating group) is 1. The SMILES string of the molecule is Cc1cc(C)cc(NC(=O)c2ccc(Nc3nc(-c4ccccc4)c4cc(N5CCN(C)CC5)ccc4n3)cc2)c1. The zero-order chi connectivity index (χ0) is 28.3. The van der Waals surface area contributed by atoms with Crippen molar-refractivity contribution in [3.05, 3.63) is 108 Å². The average molecular weight is 543 g/mol. The number of nitrogens with zero attached hydrogens (tertiary/aromatic N) is 4. The maximum atomic E-state index is 12.9. The highest BCUT2D eigenvalue weighted by Gasteiger charge is 2.17. The maximum Gasteiger partial charge on any atom is 0.255 e. The molecule has 6 rings (SSSR count). The molecule has 4 aromatic carbocycles. The molecule has 7 nitrogen and oxygen atoms in total. The molecule has 1 amide bonds. The predicted molar refractivity (Wildman–Crippen MR) is 168 cm³/mol. The van der Waals surface area contributed by atoms with E-state index in [1.165, 1.54) is 5.69 Å². The summed E-state index contributed by atoms with van der Waals surface area (Å²) < 4.78 is 0. The van der Waals surface area contributed by atoms with Crippen LogP contribution in [0.5, 0.6) is 0 Å². The molecule has 1 aliphatic rings. The summed E-state index contributed by atoms with van der Waals surface area (Å²) in [4.78, 5) is 27.5. The van der Waals surface area contributed by atoms with Gasteiger partial charge < -0.3 is 20.4 Å². The highest BCUT2D eigenvalue weighted by atomic mass is 16.1. The summed E-state index contributed by atoms with van der Waals surface area (Å²) in [5, 5.41) is 7.37. The van der Waals surface area contributed by atoms with E-state index in [9.17, 15) is 4.79 Å². The van der Waals surface area contributed by atoms with Crippen molar-refractivity contribution in [1.29, 1.82) is 0 Å². The number of amides is 1. The molecule has 2 N–H and O–H groups in total. The minimum Gasteiger partial charge on any atom is -0.369 e. The molecule has 1 aliphatic heterocycles. The van der Waals surface area contributed by atoms with Gasteiger partial charge in [0, 0.05) is 59.8 Å². The third-order valence-corrected chi connectivity index (χ3v) is 7.48. The van der Waals surface area contributed by atoms with Gasteiger partial charge in [0.15, 0.2) is 0 Å². The molecule has 0 spiro atoms. The summed E-state index contributed by atoms with van der Waals surface area (Å²) >= 11 is 0. The second kappa shape index (κ2) is 11.4. The number of benzene rings is 4. The number of carbonyl (C=O) groups is 1. The normalized spacial score (nSPS) is 13.8. The van der Waals surface area contributed by atoms with Crippen molar-refractivity contribution in [2.45, 2.75) is 13.8 Å². The van der Waals surface area contributed by atoms with Gasteiger partial charge in [-0.2, -0.15) is 0 Å². The van der Waals surface area contributed by atoms with Crippen molar-refractivity contribution in [3.63, 3.8) is 0 Å². The van der Waals surface area contributed by atoms with E-state index >= 15 is 0 Å². The first-order valence-corrected chi connectivity index (χ1v) is 14.0. The van der Waals surface area contributed by atoms with Crippen LogP contribution in [0.1, 0.15) is 21.5 Å². The molecule has 2 heterocycles. The fourth-order valence-electron chi connectivity index (χ4n) is 5.33.